The molecule has 7 heteroatoms. The maximum absolute atomic E-state index is 5.85. The molecule has 3 aromatic rings. The highest BCUT2D eigenvalue weighted by molar-refractivity contribution is 5.85. The van der Waals surface area contributed by atoms with E-state index in [1.807, 2.05) is 42.5 Å². The number of benzene rings is 2. The van der Waals surface area contributed by atoms with E-state index in [-0.39, 0.29) is 24.8 Å². The summed E-state index contributed by atoms with van der Waals surface area (Å²) in [7, 11) is 2.13. The van der Waals surface area contributed by atoms with Crippen LogP contribution < -0.4 is 10.1 Å². The average Bonchev–Trinajstić information content (AvgIpc) is 3.06. The molecular formula is C21H26Cl2N4O. The van der Waals surface area contributed by atoms with E-state index in [1.54, 1.807) is 0 Å². The molecule has 0 amide bonds. The third-order valence-electron chi connectivity index (χ3n) is 4.51. The molecule has 0 fully saturated rings. The van der Waals surface area contributed by atoms with Gasteiger partial charge in [-0.1, -0.05) is 30.3 Å². The molecular weight excluding hydrogens is 395 g/mol. The second kappa shape index (κ2) is 10.5. The molecule has 0 saturated carbocycles. The summed E-state index contributed by atoms with van der Waals surface area (Å²) in [6.07, 6.45) is 0. The molecule has 0 saturated heterocycles. The van der Waals surface area contributed by atoms with Gasteiger partial charge in [-0.3, -0.25) is 9.58 Å². The molecule has 0 unspecified atom stereocenters. The van der Waals surface area contributed by atoms with Crippen LogP contribution in [0.25, 0.3) is 0 Å². The number of aromatic nitrogens is 2. The molecule has 0 atom stereocenters. The fraction of sp³-hybridized carbons (Fsp3) is 0.286. The summed E-state index contributed by atoms with van der Waals surface area (Å²) in [4.78, 5) is 2.29. The van der Waals surface area contributed by atoms with Crippen LogP contribution in [0, 0.1) is 0 Å². The van der Waals surface area contributed by atoms with Gasteiger partial charge in [0, 0.05) is 26.2 Å². The molecule has 1 N–H and O–H groups in total. The summed E-state index contributed by atoms with van der Waals surface area (Å²) < 4.78 is 7.97. The Hall–Kier alpha value is -2.05. The van der Waals surface area contributed by atoms with Crippen molar-refractivity contribution in [3.8, 4) is 11.5 Å². The largest absolute Gasteiger partial charge is 0.457 e. The Morgan fingerprint density at radius 2 is 1.71 bits per heavy atom. The molecule has 1 aromatic heterocycles. The predicted molar refractivity (Wildman–Crippen MR) is 117 cm³/mol. The van der Waals surface area contributed by atoms with Gasteiger partial charge in [-0.2, -0.15) is 5.10 Å². The number of nitrogens with one attached hydrogen (secondary N) is 1. The molecule has 4 rings (SSSR count). The van der Waals surface area contributed by atoms with Crippen LogP contribution in [0.5, 0.6) is 11.5 Å². The summed E-state index contributed by atoms with van der Waals surface area (Å²) in [6, 6.07) is 20.4. The molecule has 0 aliphatic carbocycles. The van der Waals surface area contributed by atoms with Gasteiger partial charge in [0.1, 0.15) is 11.5 Å². The highest BCUT2D eigenvalue weighted by Gasteiger charge is 2.13. The van der Waals surface area contributed by atoms with Crippen molar-refractivity contribution in [3.05, 3.63) is 77.6 Å². The van der Waals surface area contributed by atoms with Crippen molar-refractivity contribution < 1.29 is 4.74 Å². The van der Waals surface area contributed by atoms with E-state index in [1.165, 1.54) is 11.3 Å². The average molecular weight is 421 g/mol. The predicted octanol–water partition coefficient (Wildman–Crippen LogP) is 4.25. The quantitative estimate of drug-likeness (QED) is 0.646. The van der Waals surface area contributed by atoms with Crippen molar-refractivity contribution in [1.29, 1.82) is 0 Å². The Labute approximate surface area is 178 Å². The zero-order valence-corrected chi connectivity index (χ0v) is 17.5. The first-order valence-corrected chi connectivity index (χ1v) is 9.03. The standard InChI is InChI=1S/C21H24N4O.2ClH/c1-24(16-18-13-19-14-22-11-12-25(19)23-18)15-17-7-9-21(10-8-17)26-20-5-3-2-4-6-20;;/h2-10,13,22H,11-12,14-16H2,1H3;2*1H. The lowest BCUT2D eigenvalue weighted by Crippen LogP contribution is -2.28. The van der Waals surface area contributed by atoms with Crippen LogP contribution in [0.3, 0.4) is 0 Å². The highest BCUT2D eigenvalue weighted by atomic mass is 35.5. The van der Waals surface area contributed by atoms with Gasteiger partial charge in [0.2, 0.25) is 0 Å². The minimum atomic E-state index is 0. The zero-order chi connectivity index (χ0) is 17.8. The van der Waals surface area contributed by atoms with Gasteiger partial charge < -0.3 is 10.1 Å². The highest BCUT2D eigenvalue weighted by Crippen LogP contribution is 2.21. The number of nitrogens with zero attached hydrogens (tertiary/aromatic N) is 3. The maximum Gasteiger partial charge on any atom is 0.127 e. The molecule has 28 heavy (non-hydrogen) atoms. The molecule has 1 aliphatic heterocycles. The lowest BCUT2D eigenvalue weighted by atomic mass is 10.2. The Bertz CT molecular complexity index is 829. The van der Waals surface area contributed by atoms with Crippen LogP contribution in [0.2, 0.25) is 0 Å². The van der Waals surface area contributed by atoms with Crippen LogP contribution >= 0.6 is 24.8 Å². The smallest absolute Gasteiger partial charge is 0.127 e. The van der Waals surface area contributed by atoms with Crippen molar-refractivity contribution in [1.82, 2.24) is 20.0 Å². The summed E-state index contributed by atoms with van der Waals surface area (Å²) in [5.74, 6) is 1.72. The van der Waals surface area contributed by atoms with E-state index in [4.69, 9.17) is 9.84 Å². The minimum Gasteiger partial charge on any atom is -0.457 e. The zero-order valence-electron chi connectivity index (χ0n) is 15.9. The summed E-state index contributed by atoms with van der Waals surface area (Å²) in [5, 5.41) is 8.09. The van der Waals surface area contributed by atoms with E-state index >= 15 is 0 Å². The molecule has 150 valence electrons. The van der Waals surface area contributed by atoms with E-state index in [0.717, 1.165) is 49.9 Å². The molecule has 2 heterocycles. The maximum atomic E-state index is 5.85. The molecule has 0 bridgehead atoms. The van der Waals surface area contributed by atoms with E-state index in [9.17, 15) is 0 Å². The SMILES string of the molecule is CN(Cc1ccc(Oc2ccccc2)cc1)Cc1cc2n(n1)CCNC2.Cl.Cl. The Balaban J connectivity index is 0.00000140. The first-order valence-electron chi connectivity index (χ1n) is 9.03. The molecule has 0 spiro atoms. The second-order valence-corrected chi connectivity index (χ2v) is 6.76. The topological polar surface area (TPSA) is 42.3 Å². The summed E-state index contributed by atoms with van der Waals surface area (Å²) in [5.41, 5.74) is 3.68. The van der Waals surface area contributed by atoms with Crippen molar-refractivity contribution >= 4 is 24.8 Å². The second-order valence-electron chi connectivity index (χ2n) is 6.76. The third-order valence-corrected chi connectivity index (χ3v) is 4.51. The molecule has 0 radical (unpaired) electrons. The van der Waals surface area contributed by atoms with Gasteiger partial charge in [0.05, 0.1) is 17.9 Å². The lowest BCUT2D eigenvalue weighted by Gasteiger charge is -2.16. The van der Waals surface area contributed by atoms with Gasteiger partial charge >= 0.3 is 0 Å². The Morgan fingerprint density at radius 1 is 1.00 bits per heavy atom. The number of halogens is 2. The van der Waals surface area contributed by atoms with Crippen molar-refractivity contribution in [2.45, 2.75) is 26.2 Å². The van der Waals surface area contributed by atoms with Crippen LogP contribution in [0.4, 0.5) is 0 Å². The molecule has 2 aromatic carbocycles. The van der Waals surface area contributed by atoms with Gasteiger partial charge in [0.25, 0.3) is 0 Å². The lowest BCUT2D eigenvalue weighted by molar-refractivity contribution is 0.313. The van der Waals surface area contributed by atoms with Crippen LogP contribution in [-0.4, -0.2) is 28.3 Å². The minimum absolute atomic E-state index is 0. The number of hydrogen-bond donors (Lipinski definition) is 1. The Morgan fingerprint density at radius 3 is 2.43 bits per heavy atom. The van der Waals surface area contributed by atoms with Crippen molar-refractivity contribution in [3.63, 3.8) is 0 Å². The number of ether oxygens (including phenoxy) is 1. The number of fused-ring (bicyclic) bond motifs is 1. The van der Waals surface area contributed by atoms with Crippen LogP contribution in [-0.2, 0) is 26.2 Å². The summed E-state index contributed by atoms with van der Waals surface area (Å²) >= 11 is 0. The van der Waals surface area contributed by atoms with E-state index in [0.29, 0.717) is 0 Å². The van der Waals surface area contributed by atoms with Crippen molar-refractivity contribution in [2.24, 2.45) is 0 Å². The normalized spacial score (nSPS) is 12.6. The van der Waals surface area contributed by atoms with Crippen LogP contribution in [0.1, 0.15) is 17.0 Å². The van der Waals surface area contributed by atoms with Gasteiger partial charge in [-0.05, 0) is 42.9 Å². The molecule has 5 nitrogen and oxygen atoms in total. The van der Waals surface area contributed by atoms with Gasteiger partial charge in [-0.15, -0.1) is 24.8 Å². The van der Waals surface area contributed by atoms with Gasteiger partial charge in [0.15, 0.2) is 0 Å². The third kappa shape index (κ3) is 5.72. The number of rotatable bonds is 6. The number of para-hydroxylation sites is 1. The number of hydrogen-bond acceptors (Lipinski definition) is 4. The van der Waals surface area contributed by atoms with E-state index < -0.39 is 0 Å². The molecule has 1 aliphatic rings. The first-order chi connectivity index (χ1) is 12.8. The fourth-order valence-electron chi connectivity index (χ4n) is 3.26. The van der Waals surface area contributed by atoms with E-state index in [2.05, 4.69) is 40.1 Å². The fourth-order valence-corrected chi connectivity index (χ4v) is 3.26. The Kier molecular flexibility index (Phi) is 8.33. The summed E-state index contributed by atoms with van der Waals surface area (Å²) in [6.45, 7) is 4.61. The first kappa shape index (κ1) is 22.2. The monoisotopic (exact) mass is 420 g/mol. The van der Waals surface area contributed by atoms with Crippen LogP contribution in [0.15, 0.2) is 60.7 Å². The van der Waals surface area contributed by atoms with Crippen molar-refractivity contribution in [2.75, 3.05) is 13.6 Å². The van der Waals surface area contributed by atoms with Gasteiger partial charge in [-0.25, -0.2) is 0 Å².